The van der Waals surface area contributed by atoms with Gasteiger partial charge in [0.05, 0.1) is 12.2 Å². The number of hydrogen-bond donors (Lipinski definition) is 1. The molecule has 1 saturated heterocycles. The molecule has 0 saturated carbocycles. The van der Waals surface area contributed by atoms with E-state index in [1.165, 1.54) is 17.7 Å². The number of cyclic esters (lactones) is 1. The highest BCUT2D eigenvalue weighted by Crippen LogP contribution is 2.29. The molecule has 0 spiro atoms. The van der Waals surface area contributed by atoms with Crippen molar-refractivity contribution in [1.82, 2.24) is 9.88 Å². The van der Waals surface area contributed by atoms with Crippen molar-refractivity contribution in [3.05, 3.63) is 28.5 Å². The second kappa shape index (κ2) is 5.66. The Balaban J connectivity index is 2.05. The highest BCUT2D eigenvalue weighted by molar-refractivity contribution is 5.96. The second-order valence-electron chi connectivity index (χ2n) is 5.70. The van der Waals surface area contributed by atoms with E-state index in [4.69, 9.17) is 9.15 Å². The van der Waals surface area contributed by atoms with Gasteiger partial charge in [0, 0.05) is 25.2 Å². The van der Waals surface area contributed by atoms with Crippen LogP contribution in [0.3, 0.4) is 0 Å². The molecule has 8 nitrogen and oxygen atoms in total. The fraction of sp³-hybridized carbons (Fsp3) is 0.400. The first kappa shape index (κ1) is 16.0. The van der Waals surface area contributed by atoms with Crippen LogP contribution in [-0.2, 0) is 9.53 Å². The van der Waals surface area contributed by atoms with E-state index in [0.717, 1.165) is 11.0 Å². The van der Waals surface area contributed by atoms with Crippen LogP contribution >= 0.6 is 0 Å². The standard InChI is InChI=1S/C15H16FN3O5/c1-7(2)19-12-9(16)4-8(5-10(12)23-15(19)22)18-6-11(13(20)17-3)24-14(18)21/h4-5,7,11H,6H2,1-3H3,(H,17,20). The summed E-state index contributed by atoms with van der Waals surface area (Å²) >= 11 is 0. The lowest BCUT2D eigenvalue weighted by Gasteiger charge is -2.13. The van der Waals surface area contributed by atoms with Gasteiger partial charge in [-0.15, -0.1) is 0 Å². The van der Waals surface area contributed by atoms with Gasteiger partial charge >= 0.3 is 11.8 Å². The summed E-state index contributed by atoms with van der Waals surface area (Å²) in [5.74, 6) is -1.83. The lowest BCUT2D eigenvalue weighted by molar-refractivity contribution is -0.127. The van der Waals surface area contributed by atoms with Crippen LogP contribution in [0.15, 0.2) is 21.3 Å². The van der Waals surface area contributed by atoms with Crippen LogP contribution in [0.5, 0.6) is 0 Å². The van der Waals surface area contributed by atoms with Gasteiger partial charge in [-0.2, -0.15) is 0 Å². The number of likely N-dealkylation sites (N-methyl/N-ethyl adjacent to an activating group) is 1. The molecule has 24 heavy (non-hydrogen) atoms. The summed E-state index contributed by atoms with van der Waals surface area (Å²) in [6.07, 6.45) is -1.75. The highest BCUT2D eigenvalue weighted by atomic mass is 19.1. The molecule has 2 aromatic rings. The Bertz CT molecular complexity index is 885. The molecule has 128 valence electrons. The van der Waals surface area contributed by atoms with Gasteiger partial charge in [0.25, 0.3) is 5.91 Å². The van der Waals surface area contributed by atoms with Gasteiger partial charge in [0.2, 0.25) is 0 Å². The maximum atomic E-state index is 14.5. The third-order valence-electron chi connectivity index (χ3n) is 3.83. The molecule has 0 bridgehead atoms. The number of rotatable bonds is 3. The van der Waals surface area contributed by atoms with Crippen molar-refractivity contribution in [1.29, 1.82) is 0 Å². The summed E-state index contributed by atoms with van der Waals surface area (Å²) in [6, 6.07) is 2.21. The third-order valence-corrected chi connectivity index (χ3v) is 3.83. The fourth-order valence-electron chi connectivity index (χ4n) is 2.70. The number of carbonyl (C=O) groups excluding carboxylic acids is 2. The number of hydrogen-bond acceptors (Lipinski definition) is 5. The largest absolute Gasteiger partial charge is 0.434 e. The lowest BCUT2D eigenvalue weighted by atomic mass is 10.2. The summed E-state index contributed by atoms with van der Waals surface area (Å²) < 4.78 is 25.7. The number of halogens is 1. The Morgan fingerprint density at radius 3 is 2.71 bits per heavy atom. The Hall–Kier alpha value is -2.84. The predicted molar refractivity (Wildman–Crippen MR) is 82.5 cm³/mol. The third kappa shape index (κ3) is 2.41. The fourth-order valence-corrected chi connectivity index (χ4v) is 2.70. The molecule has 0 radical (unpaired) electrons. The smallest absolute Gasteiger partial charge is 0.420 e. The number of nitrogens with zero attached hydrogens (tertiary/aromatic N) is 2. The molecular formula is C15H16FN3O5. The van der Waals surface area contributed by atoms with E-state index in [1.54, 1.807) is 13.8 Å². The molecule has 3 rings (SSSR count). The van der Waals surface area contributed by atoms with Crippen molar-refractivity contribution in [3.63, 3.8) is 0 Å². The summed E-state index contributed by atoms with van der Waals surface area (Å²) in [5.41, 5.74) is 0.218. The van der Waals surface area contributed by atoms with E-state index >= 15 is 0 Å². The average molecular weight is 337 g/mol. The van der Waals surface area contributed by atoms with Crippen LogP contribution in [-0.4, -0.2) is 36.3 Å². The Kier molecular flexibility index (Phi) is 3.78. The van der Waals surface area contributed by atoms with Crippen LogP contribution in [0, 0.1) is 5.82 Å². The number of carbonyl (C=O) groups is 2. The molecule has 2 heterocycles. The molecule has 1 aliphatic heterocycles. The molecule has 1 unspecified atom stereocenters. The minimum absolute atomic E-state index is 0.0277. The second-order valence-corrected chi connectivity index (χ2v) is 5.70. The molecule has 9 heteroatoms. The summed E-state index contributed by atoms with van der Waals surface area (Å²) in [7, 11) is 1.42. The predicted octanol–water partition coefficient (Wildman–Crippen LogP) is 1.39. The van der Waals surface area contributed by atoms with E-state index in [0.29, 0.717) is 0 Å². The van der Waals surface area contributed by atoms with Gasteiger partial charge in [-0.25, -0.2) is 14.0 Å². The van der Waals surface area contributed by atoms with Gasteiger partial charge in [-0.05, 0) is 13.8 Å². The zero-order chi connectivity index (χ0) is 17.6. The summed E-state index contributed by atoms with van der Waals surface area (Å²) in [5, 5.41) is 2.38. The number of oxazole rings is 1. The Morgan fingerprint density at radius 2 is 2.08 bits per heavy atom. The van der Waals surface area contributed by atoms with E-state index in [9.17, 15) is 18.8 Å². The molecule has 1 aromatic carbocycles. The minimum atomic E-state index is -0.978. The topological polar surface area (TPSA) is 93.8 Å². The number of aromatic nitrogens is 1. The number of ether oxygens (including phenoxy) is 1. The van der Waals surface area contributed by atoms with Gasteiger partial charge < -0.3 is 14.5 Å². The van der Waals surface area contributed by atoms with Crippen LogP contribution in [0.1, 0.15) is 19.9 Å². The van der Waals surface area contributed by atoms with Gasteiger partial charge in [-0.3, -0.25) is 14.3 Å². The molecule has 1 atom stereocenters. The van der Waals surface area contributed by atoms with E-state index < -0.39 is 29.7 Å². The van der Waals surface area contributed by atoms with Crippen molar-refractivity contribution in [3.8, 4) is 0 Å². The van der Waals surface area contributed by atoms with E-state index in [1.807, 2.05) is 0 Å². The van der Waals surface area contributed by atoms with E-state index in [-0.39, 0.29) is 29.4 Å². The monoisotopic (exact) mass is 337 g/mol. The van der Waals surface area contributed by atoms with Crippen LogP contribution in [0.4, 0.5) is 14.9 Å². The van der Waals surface area contributed by atoms with Crippen LogP contribution in [0.25, 0.3) is 11.1 Å². The molecule has 2 amide bonds. The maximum absolute atomic E-state index is 14.5. The first-order valence-corrected chi connectivity index (χ1v) is 7.37. The van der Waals surface area contributed by atoms with E-state index in [2.05, 4.69) is 5.32 Å². The number of fused-ring (bicyclic) bond motifs is 1. The first-order valence-electron chi connectivity index (χ1n) is 7.37. The van der Waals surface area contributed by atoms with Crippen molar-refractivity contribution >= 4 is 28.8 Å². The molecule has 1 N–H and O–H groups in total. The quantitative estimate of drug-likeness (QED) is 0.913. The molecular weight excluding hydrogens is 321 g/mol. The SMILES string of the molecule is CNC(=O)C1CN(c2cc(F)c3c(c2)oc(=O)n3C(C)C)C(=O)O1. The van der Waals surface area contributed by atoms with Crippen molar-refractivity contribution in [2.75, 3.05) is 18.5 Å². The lowest BCUT2D eigenvalue weighted by Crippen LogP contribution is -2.35. The highest BCUT2D eigenvalue weighted by Gasteiger charge is 2.37. The zero-order valence-corrected chi connectivity index (χ0v) is 13.3. The Labute approximate surface area is 135 Å². The molecule has 1 aliphatic rings. The average Bonchev–Trinajstić information content (AvgIpc) is 3.06. The first-order chi connectivity index (χ1) is 11.3. The minimum Gasteiger partial charge on any atom is -0.434 e. The van der Waals surface area contributed by atoms with Gasteiger partial charge in [0.1, 0.15) is 5.52 Å². The number of anilines is 1. The number of amides is 2. The Morgan fingerprint density at radius 1 is 1.38 bits per heavy atom. The van der Waals surface area contributed by atoms with Crippen molar-refractivity contribution in [2.45, 2.75) is 26.0 Å². The molecule has 0 aliphatic carbocycles. The van der Waals surface area contributed by atoms with Crippen LogP contribution < -0.4 is 16.0 Å². The van der Waals surface area contributed by atoms with Gasteiger partial charge in [0.15, 0.2) is 17.5 Å². The number of nitrogens with one attached hydrogen (secondary N) is 1. The molecule has 1 aromatic heterocycles. The molecule has 1 fully saturated rings. The number of benzene rings is 1. The van der Waals surface area contributed by atoms with Crippen molar-refractivity contribution in [2.24, 2.45) is 0 Å². The normalized spacial score (nSPS) is 17.6. The zero-order valence-electron chi connectivity index (χ0n) is 13.3. The maximum Gasteiger partial charge on any atom is 0.420 e. The van der Waals surface area contributed by atoms with Crippen LogP contribution in [0.2, 0.25) is 0 Å². The van der Waals surface area contributed by atoms with Gasteiger partial charge in [-0.1, -0.05) is 0 Å². The van der Waals surface area contributed by atoms with Crippen molar-refractivity contribution < 1.29 is 23.1 Å². The summed E-state index contributed by atoms with van der Waals surface area (Å²) in [6.45, 7) is 3.41. The summed E-state index contributed by atoms with van der Waals surface area (Å²) in [4.78, 5) is 36.5.